The van der Waals surface area contributed by atoms with Crippen molar-refractivity contribution in [3.05, 3.63) is 42.4 Å². The summed E-state index contributed by atoms with van der Waals surface area (Å²) in [6.07, 6.45) is 5.04. The molecule has 0 aliphatic rings. The van der Waals surface area contributed by atoms with Crippen LogP contribution in [0.3, 0.4) is 0 Å². The molecule has 31 heavy (non-hydrogen) atoms. The number of amides is 2. The highest BCUT2D eigenvalue weighted by atomic mass is 16.5. The Labute approximate surface area is 181 Å². The molecule has 0 radical (unpaired) electrons. The number of aromatic nitrogens is 3. The van der Waals surface area contributed by atoms with Crippen molar-refractivity contribution in [2.45, 2.75) is 33.7 Å². The van der Waals surface area contributed by atoms with Crippen LogP contribution in [0.25, 0.3) is 16.6 Å². The number of hydrogen-bond acceptors (Lipinski definition) is 6. The van der Waals surface area contributed by atoms with Gasteiger partial charge in [-0.15, -0.1) is 0 Å². The van der Waals surface area contributed by atoms with Gasteiger partial charge in [-0.05, 0) is 19.1 Å². The molecule has 0 saturated heterocycles. The molecule has 0 spiro atoms. The molecule has 3 heterocycles. The predicted octanol–water partition coefficient (Wildman–Crippen LogP) is 2.47. The number of carbonyl (C=O) groups excluding carboxylic acids is 2. The molecule has 9 nitrogen and oxygen atoms in total. The Bertz CT molecular complexity index is 1100. The van der Waals surface area contributed by atoms with E-state index in [0.717, 1.165) is 11.1 Å². The smallest absolute Gasteiger partial charge is 0.252 e. The second kappa shape index (κ2) is 8.63. The lowest BCUT2D eigenvalue weighted by Crippen LogP contribution is -2.43. The van der Waals surface area contributed by atoms with Gasteiger partial charge in [0.25, 0.3) is 5.91 Å². The van der Waals surface area contributed by atoms with Gasteiger partial charge in [-0.1, -0.05) is 13.8 Å². The maximum Gasteiger partial charge on any atom is 0.252 e. The summed E-state index contributed by atoms with van der Waals surface area (Å²) in [6, 6.07) is 5.52. The summed E-state index contributed by atoms with van der Waals surface area (Å²) in [7, 11) is 1.57. The van der Waals surface area contributed by atoms with Gasteiger partial charge < -0.3 is 21.1 Å². The summed E-state index contributed by atoms with van der Waals surface area (Å²) in [6.45, 7) is 8.04. The number of anilines is 1. The fraction of sp³-hybridized carbons (Fsp3) is 0.364. The third-order valence-corrected chi connectivity index (χ3v) is 5.51. The van der Waals surface area contributed by atoms with E-state index in [1.165, 1.54) is 13.1 Å². The Hall–Kier alpha value is -3.62. The number of nitrogens with one attached hydrogen (secondary N) is 2. The Morgan fingerprint density at radius 2 is 2.00 bits per heavy atom. The summed E-state index contributed by atoms with van der Waals surface area (Å²) < 4.78 is 6.82. The van der Waals surface area contributed by atoms with Crippen LogP contribution in [0.5, 0.6) is 5.88 Å². The summed E-state index contributed by atoms with van der Waals surface area (Å²) >= 11 is 0. The number of nitrogens with zero attached hydrogens (tertiary/aromatic N) is 3. The van der Waals surface area contributed by atoms with Crippen LogP contribution in [-0.4, -0.2) is 46.1 Å². The van der Waals surface area contributed by atoms with Crippen molar-refractivity contribution in [3.8, 4) is 17.0 Å². The number of carbonyl (C=O) groups is 2. The maximum atomic E-state index is 12.1. The minimum Gasteiger partial charge on any atom is -0.481 e. The molecule has 0 aromatic carbocycles. The Kier molecular flexibility index (Phi) is 6.14. The molecule has 164 valence electrons. The molecule has 3 rings (SSSR count). The van der Waals surface area contributed by atoms with Gasteiger partial charge in [-0.3, -0.25) is 9.59 Å². The highest BCUT2D eigenvalue weighted by Gasteiger charge is 2.28. The first-order chi connectivity index (χ1) is 14.6. The normalized spacial score (nSPS) is 12.4. The molecule has 2 amide bonds. The second-order valence-electron chi connectivity index (χ2n) is 8.21. The zero-order valence-corrected chi connectivity index (χ0v) is 18.4. The zero-order valence-electron chi connectivity index (χ0n) is 18.4. The van der Waals surface area contributed by atoms with Crippen LogP contribution >= 0.6 is 0 Å². The molecular formula is C22H28N6O3. The number of fused-ring (bicyclic) bond motifs is 1. The quantitative estimate of drug-likeness (QED) is 0.510. The number of rotatable bonds is 8. The van der Waals surface area contributed by atoms with E-state index in [2.05, 4.69) is 20.7 Å². The average Bonchev–Trinajstić information content (AvgIpc) is 3.17. The van der Waals surface area contributed by atoms with Crippen LogP contribution in [0.15, 0.2) is 36.8 Å². The van der Waals surface area contributed by atoms with Gasteiger partial charge >= 0.3 is 0 Å². The third-order valence-electron chi connectivity index (χ3n) is 5.51. The largest absolute Gasteiger partial charge is 0.481 e. The molecule has 9 heteroatoms. The third kappa shape index (κ3) is 4.76. The van der Waals surface area contributed by atoms with Gasteiger partial charge in [0.2, 0.25) is 11.8 Å². The Balaban J connectivity index is 2.01. The van der Waals surface area contributed by atoms with Gasteiger partial charge in [0.15, 0.2) is 0 Å². The number of hydrogen-bond donors (Lipinski definition) is 3. The summed E-state index contributed by atoms with van der Waals surface area (Å²) in [4.78, 5) is 27.7. The van der Waals surface area contributed by atoms with Gasteiger partial charge in [0, 0.05) is 54.5 Å². The maximum absolute atomic E-state index is 12.1. The standard InChI is InChI=1S/C22H28N6O3/c1-13(22(3,4)12-25-14(2)29)27-20-17(21(23)30)10-26-28-11-16(8-18(20)28)15-6-7-19(31-5)24-9-15/h6-11,13,27H,12H2,1-5H3,(H2,23,30)(H,25,29)/t13-/m1/s1. The average molecular weight is 425 g/mol. The monoisotopic (exact) mass is 424 g/mol. The number of ether oxygens (including phenoxy) is 1. The molecular weight excluding hydrogens is 396 g/mol. The van der Waals surface area contributed by atoms with Crippen LogP contribution < -0.4 is 21.1 Å². The second-order valence-corrected chi connectivity index (χ2v) is 8.21. The first kappa shape index (κ1) is 22.1. The Morgan fingerprint density at radius 3 is 2.58 bits per heavy atom. The molecule has 3 aromatic rings. The highest BCUT2D eigenvalue weighted by Crippen LogP contribution is 2.31. The molecule has 0 saturated carbocycles. The first-order valence-corrected chi connectivity index (χ1v) is 9.95. The van der Waals surface area contributed by atoms with E-state index in [1.54, 1.807) is 23.9 Å². The van der Waals surface area contributed by atoms with Crippen LogP contribution in [-0.2, 0) is 4.79 Å². The molecule has 3 aromatic heterocycles. The highest BCUT2D eigenvalue weighted by molar-refractivity contribution is 6.02. The summed E-state index contributed by atoms with van der Waals surface area (Å²) in [5.41, 5.74) is 8.71. The molecule has 0 aliphatic heterocycles. The number of nitrogens with two attached hydrogens (primary N) is 1. The minimum atomic E-state index is -0.571. The first-order valence-electron chi connectivity index (χ1n) is 9.95. The van der Waals surface area contributed by atoms with E-state index in [-0.39, 0.29) is 17.4 Å². The van der Waals surface area contributed by atoms with Crippen LogP contribution in [0.1, 0.15) is 38.1 Å². The summed E-state index contributed by atoms with van der Waals surface area (Å²) in [5.74, 6) is -0.133. The molecule has 1 atom stereocenters. The fourth-order valence-electron chi connectivity index (χ4n) is 3.14. The molecule has 4 N–H and O–H groups in total. The van der Waals surface area contributed by atoms with E-state index < -0.39 is 5.91 Å². The zero-order chi connectivity index (χ0) is 22.8. The van der Waals surface area contributed by atoms with Gasteiger partial charge in [0.05, 0.1) is 30.1 Å². The minimum absolute atomic E-state index is 0.0891. The molecule has 0 bridgehead atoms. The van der Waals surface area contributed by atoms with Crippen molar-refractivity contribution in [2.24, 2.45) is 11.1 Å². The van der Waals surface area contributed by atoms with Gasteiger partial charge in [-0.25, -0.2) is 9.50 Å². The van der Waals surface area contributed by atoms with E-state index >= 15 is 0 Å². The molecule has 0 unspecified atom stereocenters. The number of methoxy groups -OCH3 is 1. The van der Waals surface area contributed by atoms with Crippen LogP contribution in [0.2, 0.25) is 0 Å². The van der Waals surface area contributed by atoms with E-state index in [0.29, 0.717) is 29.2 Å². The van der Waals surface area contributed by atoms with E-state index in [1.807, 2.05) is 39.1 Å². The van der Waals surface area contributed by atoms with E-state index in [4.69, 9.17) is 10.5 Å². The van der Waals surface area contributed by atoms with Crippen molar-refractivity contribution in [2.75, 3.05) is 19.0 Å². The number of primary amides is 1. The van der Waals surface area contributed by atoms with Crippen LogP contribution in [0.4, 0.5) is 5.69 Å². The van der Waals surface area contributed by atoms with E-state index in [9.17, 15) is 9.59 Å². The lowest BCUT2D eigenvalue weighted by atomic mass is 9.85. The van der Waals surface area contributed by atoms with Crippen molar-refractivity contribution in [3.63, 3.8) is 0 Å². The summed E-state index contributed by atoms with van der Waals surface area (Å²) in [5, 5.41) is 10.6. The van der Waals surface area contributed by atoms with Gasteiger partial charge in [0.1, 0.15) is 0 Å². The van der Waals surface area contributed by atoms with Crippen molar-refractivity contribution >= 4 is 23.0 Å². The van der Waals surface area contributed by atoms with Gasteiger partial charge in [-0.2, -0.15) is 5.10 Å². The van der Waals surface area contributed by atoms with Crippen molar-refractivity contribution in [1.29, 1.82) is 0 Å². The lowest BCUT2D eigenvalue weighted by Gasteiger charge is -2.33. The fourth-order valence-corrected chi connectivity index (χ4v) is 3.14. The Morgan fingerprint density at radius 1 is 1.26 bits per heavy atom. The van der Waals surface area contributed by atoms with Crippen molar-refractivity contribution in [1.82, 2.24) is 19.9 Å². The van der Waals surface area contributed by atoms with Crippen LogP contribution in [0, 0.1) is 5.41 Å². The molecule has 0 aliphatic carbocycles. The lowest BCUT2D eigenvalue weighted by molar-refractivity contribution is -0.119. The SMILES string of the molecule is COc1ccc(-c2cc3c(N[C@H](C)C(C)(C)CNC(C)=O)c(C(N)=O)cnn3c2)cn1. The number of pyridine rings is 1. The molecule has 0 fully saturated rings. The van der Waals surface area contributed by atoms with Crippen molar-refractivity contribution < 1.29 is 14.3 Å². The predicted molar refractivity (Wildman–Crippen MR) is 119 cm³/mol. The topological polar surface area (TPSA) is 124 Å².